The largest absolute Gasteiger partial charge is 0.481 e. The third-order valence-corrected chi connectivity index (χ3v) is 3.49. The minimum absolute atomic E-state index is 0.108. The Balaban J connectivity index is 2.41. The number of carbonyl (C=O) groups excluding carboxylic acids is 1. The van der Waals surface area contributed by atoms with Crippen molar-refractivity contribution in [3.8, 4) is 0 Å². The van der Waals surface area contributed by atoms with Crippen LogP contribution in [-0.4, -0.2) is 23.5 Å². The van der Waals surface area contributed by atoms with Gasteiger partial charge in [0.1, 0.15) is 0 Å². The van der Waals surface area contributed by atoms with Gasteiger partial charge in [-0.2, -0.15) is 0 Å². The van der Waals surface area contributed by atoms with Crippen LogP contribution in [0.1, 0.15) is 45.2 Å². The van der Waals surface area contributed by atoms with E-state index in [0.29, 0.717) is 12.8 Å². The molecule has 21 heavy (non-hydrogen) atoms. The zero-order valence-corrected chi connectivity index (χ0v) is 13.3. The molecular weight excluding hydrogens is 266 g/mol. The van der Waals surface area contributed by atoms with E-state index >= 15 is 0 Å². The third kappa shape index (κ3) is 5.98. The third-order valence-electron chi connectivity index (χ3n) is 3.49. The minimum Gasteiger partial charge on any atom is -0.481 e. The van der Waals surface area contributed by atoms with Gasteiger partial charge in [0, 0.05) is 13.0 Å². The summed E-state index contributed by atoms with van der Waals surface area (Å²) in [4.78, 5) is 22.3. The second-order valence-corrected chi connectivity index (χ2v) is 6.49. The Kier molecular flexibility index (Phi) is 5.94. The lowest BCUT2D eigenvalue weighted by molar-refractivity contribution is -0.141. The lowest BCUT2D eigenvalue weighted by atomic mass is 9.86. The van der Waals surface area contributed by atoms with Gasteiger partial charge in [-0.25, -0.2) is 0 Å². The van der Waals surface area contributed by atoms with Crippen LogP contribution in [0.3, 0.4) is 0 Å². The van der Waals surface area contributed by atoms with Crippen LogP contribution in [0.5, 0.6) is 0 Å². The maximum Gasteiger partial charge on any atom is 0.308 e. The molecule has 0 fully saturated rings. The van der Waals surface area contributed by atoms with E-state index in [1.807, 2.05) is 12.1 Å². The molecule has 0 saturated heterocycles. The quantitative estimate of drug-likeness (QED) is 0.847. The van der Waals surface area contributed by atoms with Gasteiger partial charge < -0.3 is 10.4 Å². The summed E-state index contributed by atoms with van der Waals surface area (Å²) >= 11 is 0. The van der Waals surface area contributed by atoms with Gasteiger partial charge in [-0.3, -0.25) is 9.59 Å². The molecule has 4 heteroatoms. The van der Waals surface area contributed by atoms with Gasteiger partial charge >= 0.3 is 5.97 Å². The van der Waals surface area contributed by atoms with E-state index in [0.717, 1.165) is 5.56 Å². The van der Waals surface area contributed by atoms with Gasteiger partial charge in [-0.15, -0.1) is 0 Å². The van der Waals surface area contributed by atoms with E-state index < -0.39 is 11.9 Å². The molecule has 0 aliphatic heterocycles. The van der Waals surface area contributed by atoms with Crippen molar-refractivity contribution >= 4 is 11.9 Å². The molecule has 1 atom stereocenters. The number of carboxylic acids is 1. The van der Waals surface area contributed by atoms with Crippen LogP contribution >= 0.6 is 0 Å². The summed E-state index contributed by atoms with van der Waals surface area (Å²) in [6, 6.07) is 8.29. The first-order valence-corrected chi connectivity index (χ1v) is 7.29. The van der Waals surface area contributed by atoms with E-state index in [1.54, 1.807) is 6.92 Å². The minimum atomic E-state index is -0.895. The highest BCUT2D eigenvalue weighted by atomic mass is 16.4. The summed E-state index contributed by atoms with van der Waals surface area (Å²) in [6.45, 7) is 8.25. The first-order chi connectivity index (χ1) is 9.70. The molecule has 1 amide bonds. The van der Waals surface area contributed by atoms with E-state index in [4.69, 9.17) is 5.11 Å². The molecule has 2 N–H and O–H groups in total. The SMILES string of the molecule is CC(CNC(=O)CCc1ccc(C(C)(C)C)cc1)C(=O)O. The molecule has 116 valence electrons. The molecule has 0 heterocycles. The number of benzene rings is 1. The molecule has 0 saturated carbocycles. The van der Waals surface area contributed by atoms with Crippen LogP contribution < -0.4 is 5.32 Å². The number of aryl methyl sites for hydroxylation is 1. The van der Waals surface area contributed by atoms with E-state index in [9.17, 15) is 9.59 Å². The molecule has 0 bridgehead atoms. The highest BCUT2D eigenvalue weighted by Gasteiger charge is 2.14. The Labute approximate surface area is 126 Å². The maximum atomic E-state index is 11.7. The van der Waals surface area contributed by atoms with Gasteiger partial charge in [0.2, 0.25) is 5.91 Å². The summed E-state index contributed by atoms with van der Waals surface area (Å²) in [7, 11) is 0. The monoisotopic (exact) mass is 291 g/mol. The van der Waals surface area contributed by atoms with Crippen LogP contribution in [0.15, 0.2) is 24.3 Å². The van der Waals surface area contributed by atoms with Crippen molar-refractivity contribution in [3.05, 3.63) is 35.4 Å². The number of rotatable bonds is 6. The summed E-state index contributed by atoms with van der Waals surface area (Å²) in [5.74, 6) is -1.56. The number of hydrogen-bond donors (Lipinski definition) is 2. The van der Waals surface area contributed by atoms with Crippen molar-refractivity contribution in [3.63, 3.8) is 0 Å². The molecular formula is C17H25NO3. The standard InChI is InChI=1S/C17H25NO3/c1-12(16(20)21)11-18-15(19)10-7-13-5-8-14(9-6-13)17(2,3)4/h5-6,8-9,12H,7,10-11H2,1-4H3,(H,18,19)(H,20,21). The molecule has 0 aliphatic rings. The highest BCUT2D eigenvalue weighted by molar-refractivity contribution is 5.77. The smallest absolute Gasteiger partial charge is 0.308 e. The fourth-order valence-corrected chi connectivity index (χ4v) is 1.87. The Morgan fingerprint density at radius 2 is 1.76 bits per heavy atom. The molecule has 0 radical (unpaired) electrons. The van der Waals surface area contributed by atoms with Crippen molar-refractivity contribution in [1.29, 1.82) is 0 Å². The van der Waals surface area contributed by atoms with Crippen molar-refractivity contribution in [2.75, 3.05) is 6.54 Å². The summed E-state index contributed by atoms with van der Waals surface area (Å²) in [6.07, 6.45) is 1.04. The summed E-state index contributed by atoms with van der Waals surface area (Å²) in [5.41, 5.74) is 2.51. The molecule has 1 aromatic rings. The van der Waals surface area contributed by atoms with Crippen molar-refractivity contribution < 1.29 is 14.7 Å². The van der Waals surface area contributed by atoms with E-state index in [2.05, 4.69) is 38.2 Å². The van der Waals surface area contributed by atoms with Crippen LogP contribution in [0.2, 0.25) is 0 Å². The lowest BCUT2D eigenvalue weighted by Gasteiger charge is -2.19. The normalized spacial score (nSPS) is 12.8. The Morgan fingerprint density at radius 1 is 1.19 bits per heavy atom. The molecule has 4 nitrogen and oxygen atoms in total. The fourth-order valence-electron chi connectivity index (χ4n) is 1.87. The highest BCUT2D eigenvalue weighted by Crippen LogP contribution is 2.22. The number of nitrogens with one attached hydrogen (secondary N) is 1. The number of amides is 1. The van der Waals surface area contributed by atoms with Gasteiger partial charge in [-0.1, -0.05) is 52.0 Å². The van der Waals surface area contributed by atoms with Crippen molar-refractivity contribution in [1.82, 2.24) is 5.32 Å². The van der Waals surface area contributed by atoms with Crippen LogP contribution in [0.25, 0.3) is 0 Å². The Hall–Kier alpha value is -1.84. The summed E-state index contributed by atoms with van der Waals surface area (Å²) < 4.78 is 0. The van der Waals surface area contributed by atoms with Gasteiger partial charge in [-0.05, 0) is 23.0 Å². The lowest BCUT2D eigenvalue weighted by Crippen LogP contribution is -2.31. The zero-order chi connectivity index (χ0) is 16.0. The predicted octanol–water partition coefficient (Wildman–Crippen LogP) is 2.75. The maximum absolute atomic E-state index is 11.7. The topological polar surface area (TPSA) is 66.4 Å². The molecule has 1 aromatic carbocycles. The molecule has 0 aromatic heterocycles. The fraction of sp³-hybridized carbons (Fsp3) is 0.529. The first kappa shape index (κ1) is 17.2. The van der Waals surface area contributed by atoms with Gasteiger partial charge in [0.05, 0.1) is 5.92 Å². The average molecular weight is 291 g/mol. The molecule has 0 spiro atoms. The van der Waals surface area contributed by atoms with Crippen LogP contribution in [0, 0.1) is 5.92 Å². The van der Waals surface area contributed by atoms with Crippen molar-refractivity contribution in [2.24, 2.45) is 5.92 Å². The van der Waals surface area contributed by atoms with Crippen molar-refractivity contribution in [2.45, 2.75) is 46.0 Å². The van der Waals surface area contributed by atoms with E-state index in [1.165, 1.54) is 5.56 Å². The second-order valence-electron chi connectivity index (χ2n) is 6.49. The second kappa shape index (κ2) is 7.25. The average Bonchev–Trinajstić information content (AvgIpc) is 2.41. The summed E-state index contributed by atoms with van der Waals surface area (Å²) in [5, 5.41) is 11.4. The van der Waals surface area contributed by atoms with Gasteiger partial charge in [0.25, 0.3) is 0 Å². The van der Waals surface area contributed by atoms with Gasteiger partial charge in [0.15, 0.2) is 0 Å². The predicted molar refractivity (Wildman–Crippen MR) is 83.3 cm³/mol. The molecule has 1 rings (SSSR count). The molecule has 0 aliphatic carbocycles. The van der Waals surface area contributed by atoms with Crippen LogP contribution in [0.4, 0.5) is 0 Å². The Morgan fingerprint density at radius 3 is 2.24 bits per heavy atom. The number of carbonyl (C=O) groups is 2. The van der Waals surface area contributed by atoms with E-state index in [-0.39, 0.29) is 17.9 Å². The zero-order valence-electron chi connectivity index (χ0n) is 13.3. The first-order valence-electron chi connectivity index (χ1n) is 7.29. The number of carboxylic acid groups (broad SMARTS) is 1. The Bertz CT molecular complexity index is 486. The number of hydrogen-bond acceptors (Lipinski definition) is 2. The van der Waals surface area contributed by atoms with Crippen LogP contribution in [-0.2, 0) is 21.4 Å². The number of aliphatic carboxylic acids is 1. The molecule has 1 unspecified atom stereocenters.